The van der Waals surface area contributed by atoms with Crippen molar-refractivity contribution < 1.29 is 9.84 Å². The molecular weight excluding hydrogens is 252 g/mol. The highest BCUT2D eigenvalue weighted by atomic mass is 16.5. The lowest BCUT2D eigenvalue weighted by Gasteiger charge is -2.29. The summed E-state index contributed by atoms with van der Waals surface area (Å²) in [5.41, 5.74) is -0.116. The highest BCUT2D eigenvalue weighted by Crippen LogP contribution is 2.13. The van der Waals surface area contributed by atoms with Crippen LogP contribution < -0.4 is 5.32 Å². The Bertz CT molecular complexity index is 225. The van der Waals surface area contributed by atoms with Gasteiger partial charge in [-0.15, -0.1) is 0 Å². The molecule has 20 heavy (non-hydrogen) atoms. The molecule has 0 spiro atoms. The van der Waals surface area contributed by atoms with Gasteiger partial charge in [0.1, 0.15) is 0 Å². The molecule has 2 N–H and O–H groups in total. The molecule has 122 valence electrons. The summed E-state index contributed by atoms with van der Waals surface area (Å²) in [4.78, 5) is 2.32. The van der Waals surface area contributed by atoms with E-state index in [9.17, 15) is 5.11 Å². The van der Waals surface area contributed by atoms with Crippen LogP contribution in [-0.4, -0.2) is 61.5 Å². The number of likely N-dealkylation sites (N-methyl/N-ethyl adjacent to an activating group) is 1. The zero-order valence-corrected chi connectivity index (χ0v) is 14.2. The first kappa shape index (κ1) is 19.8. The maximum absolute atomic E-state index is 9.50. The molecule has 0 bridgehead atoms. The Balaban J connectivity index is 3.66. The monoisotopic (exact) mass is 288 g/mol. The standard InChI is InChI=1S/C16H36N2O2/c1-6-10-17-16(4,14-19)9-7-8-11-18(5)12-13-20-15(2)3/h15,17,19H,6-14H2,1-5H3. The van der Waals surface area contributed by atoms with Crippen LogP contribution in [0.15, 0.2) is 0 Å². The summed E-state index contributed by atoms with van der Waals surface area (Å²) < 4.78 is 5.55. The number of aliphatic hydroxyl groups excluding tert-OH is 1. The fraction of sp³-hybridized carbons (Fsp3) is 1.00. The van der Waals surface area contributed by atoms with Crippen LogP contribution in [0.5, 0.6) is 0 Å². The second-order valence-electron chi connectivity index (χ2n) is 6.33. The first-order chi connectivity index (χ1) is 9.43. The topological polar surface area (TPSA) is 44.7 Å². The van der Waals surface area contributed by atoms with Crippen LogP contribution in [0.3, 0.4) is 0 Å². The van der Waals surface area contributed by atoms with Gasteiger partial charge in [0.05, 0.1) is 19.3 Å². The molecule has 0 aliphatic carbocycles. The highest BCUT2D eigenvalue weighted by molar-refractivity contribution is 4.81. The summed E-state index contributed by atoms with van der Waals surface area (Å²) in [6.45, 7) is 12.5. The molecule has 4 heteroatoms. The van der Waals surface area contributed by atoms with Crippen LogP contribution in [0.2, 0.25) is 0 Å². The SMILES string of the molecule is CCCNC(C)(CO)CCCCN(C)CCOC(C)C. The Morgan fingerprint density at radius 2 is 1.95 bits per heavy atom. The Hall–Kier alpha value is -0.160. The third-order valence-corrected chi connectivity index (χ3v) is 3.59. The van der Waals surface area contributed by atoms with Crippen LogP contribution >= 0.6 is 0 Å². The summed E-state index contributed by atoms with van der Waals surface area (Å²) in [5.74, 6) is 0. The van der Waals surface area contributed by atoms with Crippen molar-refractivity contribution in [3.8, 4) is 0 Å². The number of nitrogens with zero attached hydrogens (tertiary/aromatic N) is 1. The van der Waals surface area contributed by atoms with Crippen LogP contribution in [-0.2, 0) is 4.74 Å². The van der Waals surface area contributed by atoms with Gasteiger partial charge in [-0.3, -0.25) is 0 Å². The maximum atomic E-state index is 9.50. The molecule has 0 aromatic carbocycles. The molecule has 0 saturated carbocycles. The lowest BCUT2D eigenvalue weighted by atomic mass is 9.95. The van der Waals surface area contributed by atoms with Gasteiger partial charge in [-0.2, -0.15) is 0 Å². The minimum absolute atomic E-state index is 0.116. The molecule has 0 aromatic rings. The van der Waals surface area contributed by atoms with E-state index in [1.807, 2.05) is 0 Å². The number of hydrogen-bond acceptors (Lipinski definition) is 4. The van der Waals surface area contributed by atoms with Gasteiger partial charge in [0.2, 0.25) is 0 Å². The van der Waals surface area contributed by atoms with E-state index in [-0.39, 0.29) is 12.1 Å². The largest absolute Gasteiger partial charge is 0.394 e. The Morgan fingerprint density at radius 1 is 1.25 bits per heavy atom. The van der Waals surface area contributed by atoms with Gasteiger partial charge in [0, 0.05) is 12.1 Å². The molecule has 0 saturated heterocycles. The summed E-state index contributed by atoms with van der Waals surface area (Å²) in [6, 6.07) is 0. The van der Waals surface area contributed by atoms with Gasteiger partial charge in [0.15, 0.2) is 0 Å². The summed E-state index contributed by atoms with van der Waals surface area (Å²) in [6.07, 6.45) is 4.76. The Kier molecular flexibility index (Phi) is 11.4. The predicted octanol–water partition coefficient (Wildman–Crippen LogP) is 2.26. The van der Waals surface area contributed by atoms with Crippen LogP contribution in [0.25, 0.3) is 0 Å². The van der Waals surface area contributed by atoms with Gasteiger partial charge in [-0.25, -0.2) is 0 Å². The number of aliphatic hydroxyl groups is 1. The quantitative estimate of drug-likeness (QED) is 0.510. The second-order valence-corrected chi connectivity index (χ2v) is 6.33. The van der Waals surface area contributed by atoms with Gasteiger partial charge in [-0.05, 0) is 60.2 Å². The van der Waals surface area contributed by atoms with Crippen molar-refractivity contribution in [2.24, 2.45) is 0 Å². The van der Waals surface area contributed by atoms with Crippen molar-refractivity contribution in [1.29, 1.82) is 0 Å². The van der Waals surface area contributed by atoms with Gasteiger partial charge in [0.25, 0.3) is 0 Å². The molecule has 0 fully saturated rings. The van der Waals surface area contributed by atoms with Crippen molar-refractivity contribution in [1.82, 2.24) is 10.2 Å². The zero-order chi connectivity index (χ0) is 15.4. The third-order valence-electron chi connectivity index (χ3n) is 3.59. The maximum Gasteiger partial charge on any atom is 0.0610 e. The lowest BCUT2D eigenvalue weighted by molar-refractivity contribution is 0.0634. The molecule has 0 radical (unpaired) electrons. The van der Waals surface area contributed by atoms with E-state index in [0.717, 1.165) is 45.5 Å². The molecule has 4 nitrogen and oxygen atoms in total. The van der Waals surface area contributed by atoms with Crippen molar-refractivity contribution in [2.75, 3.05) is 39.9 Å². The van der Waals surface area contributed by atoms with Crippen molar-refractivity contribution in [3.63, 3.8) is 0 Å². The molecule has 1 atom stereocenters. The van der Waals surface area contributed by atoms with E-state index in [1.54, 1.807) is 0 Å². The third kappa shape index (κ3) is 10.6. The molecule has 0 amide bonds. The van der Waals surface area contributed by atoms with Crippen molar-refractivity contribution >= 4 is 0 Å². The van der Waals surface area contributed by atoms with E-state index >= 15 is 0 Å². The lowest BCUT2D eigenvalue weighted by Crippen LogP contribution is -2.46. The second kappa shape index (κ2) is 11.5. The van der Waals surface area contributed by atoms with Crippen molar-refractivity contribution in [2.45, 2.75) is 65.0 Å². The summed E-state index contributed by atoms with van der Waals surface area (Å²) >= 11 is 0. The molecule has 0 aliphatic rings. The zero-order valence-electron chi connectivity index (χ0n) is 14.2. The minimum Gasteiger partial charge on any atom is -0.394 e. The van der Waals surface area contributed by atoms with E-state index in [4.69, 9.17) is 4.74 Å². The number of unbranched alkanes of at least 4 members (excludes halogenated alkanes) is 1. The molecule has 1 unspecified atom stereocenters. The number of nitrogens with one attached hydrogen (secondary N) is 1. The summed E-state index contributed by atoms with van der Waals surface area (Å²) in [5, 5.41) is 12.9. The van der Waals surface area contributed by atoms with E-state index < -0.39 is 0 Å². The van der Waals surface area contributed by atoms with E-state index in [2.05, 4.69) is 45.0 Å². The van der Waals surface area contributed by atoms with Gasteiger partial charge in [-0.1, -0.05) is 13.3 Å². The smallest absolute Gasteiger partial charge is 0.0610 e. The molecule has 0 aliphatic heterocycles. The molecule has 0 rings (SSSR count). The van der Waals surface area contributed by atoms with Crippen LogP contribution in [0.1, 0.15) is 53.4 Å². The molecule has 0 heterocycles. The fourth-order valence-corrected chi connectivity index (χ4v) is 2.10. The first-order valence-corrected chi connectivity index (χ1v) is 8.09. The normalized spacial score (nSPS) is 15.0. The average molecular weight is 288 g/mol. The highest BCUT2D eigenvalue weighted by Gasteiger charge is 2.21. The van der Waals surface area contributed by atoms with Crippen molar-refractivity contribution in [3.05, 3.63) is 0 Å². The molecular formula is C16H36N2O2. The number of ether oxygens (including phenoxy) is 1. The Labute approximate surface area is 125 Å². The van der Waals surface area contributed by atoms with Crippen LogP contribution in [0, 0.1) is 0 Å². The van der Waals surface area contributed by atoms with Crippen LogP contribution in [0.4, 0.5) is 0 Å². The minimum atomic E-state index is -0.116. The van der Waals surface area contributed by atoms with E-state index in [0.29, 0.717) is 6.10 Å². The summed E-state index contributed by atoms with van der Waals surface area (Å²) in [7, 11) is 2.14. The first-order valence-electron chi connectivity index (χ1n) is 8.09. The number of hydrogen-bond donors (Lipinski definition) is 2. The predicted molar refractivity (Wildman–Crippen MR) is 86.2 cm³/mol. The van der Waals surface area contributed by atoms with Gasteiger partial charge < -0.3 is 20.1 Å². The Morgan fingerprint density at radius 3 is 2.50 bits per heavy atom. The van der Waals surface area contributed by atoms with E-state index in [1.165, 1.54) is 6.42 Å². The van der Waals surface area contributed by atoms with Gasteiger partial charge >= 0.3 is 0 Å². The average Bonchev–Trinajstić information content (AvgIpc) is 2.41. The molecule has 0 aromatic heterocycles. The fourth-order valence-electron chi connectivity index (χ4n) is 2.10. The number of rotatable bonds is 13.